The number of Topliss-reactive ketones (excluding diaryl/α,β-unsaturated/α-hetero) is 1. The van der Waals surface area contributed by atoms with Crippen LogP contribution in [0.4, 0.5) is 5.82 Å². The lowest BCUT2D eigenvalue weighted by atomic mass is 10.1. The van der Waals surface area contributed by atoms with E-state index in [1.165, 1.54) is 0 Å². The van der Waals surface area contributed by atoms with Crippen LogP contribution in [0, 0.1) is 6.92 Å². The van der Waals surface area contributed by atoms with Crippen molar-refractivity contribution in [3.05, 3.63) is 47.9 Å². The molecule has 1 aliphatic rings. The Kier molecular flexibility index (Phi) is 6.01. The van der Waals surface area contributed by atoms with Crippen molar-refractivity contribution in [2.45, 2.75) is 19.8 Å². The van der Waals surface area contributed by atoms with Gasteiger partial charge in [0, 0.05) is 56.3 Å². The van der Waals surface area contributed by atoms with E-state index in [0.29, 0.717) is 24.4 Å². The Hall–Kier alpha value is -2.96. The molecule has 1 aromatic carbocycles. The lowest BCUT2D eigenvalue weighted by molar-refractivity contribution is -0.131. The largest absolute Gasteiger partial charge is 0.497 e. The molecule has 0 radical (unpaired) electrons. The third kappa shape index (κ3) is 4.81. The van der Waals surface area contributed by atoms with E-state index in [9.17, 15) is 9.59 Å². The second kappa shape index (κ2) is 8.62. The Morgan fingerprint density at radius 1 is 1.04 bits per heavy atom. The Morgan fingerprint density at radius 3 is 2.37 bits per heavy atom. The fourth-order valence-corrected chi connectivity index (χ4v) is 3.10. The molecule has 1 aliphatic heterocycles. The number of piperazine rings is 1. The standard InChI is InChI=1S/C20H24N4O3/c1-15-13-19(22-14-21-15)23-9-11-24(12-10-23)20(26)8-7-18(25)16-3-5-17(27-2)6-4-16/h3-6,13-14H,7-12H2,1-2H3. The molecule has 27 heavy (non-hydrogen) atoms. The van der Waals surface area contributed by atoms with Gasteiger partial charge in [-0.1, -0.05) is 0 Å². The van der Waals surface area contributed by atoms with Crippen LogP contribution in [-0.4, -0.2) is 59.8 Å². The molecule has 0 bridgehead atoms. The molecule has 1 aromatic heterocycles. The van der Waals surface area contributed by atoms with Crippen LogP contribution >= 0.6 is 0 Å². The SMILES string of the molecule is COc1ccc(C(=O)CCC(=O)N2CCN(c3cc(C)ncn3)CC2)cc1. The summed E-state index contributed by atoms with van der Waals surface area (Å²) in [4.78, 5) is 37.1. The molecule has 0 spiro atoms. The minimum absolute atomic E-state index is 0.0235. The molecule has 3 rings (SSSR count). The van der Waals surface area contributed by atoms with Gasteiger partial charge in [-0.3, -0.25) is 9.59 Å². The van der Waals surface area contributed by atoms with E-state index in [-0.39, 0.29) is 24.5 Å². The number of methoxy groups -OCH3 is 1. The van der Waals surface area contributed by atoms with Crippen LogP contribution in [0.2, 0.25) is 0 Å². The number of anilines is 1. The van der Waals surface area contributed by atoms with Crippen molar-refractivity contribution in [3.63, 3.8) is 0 Å². The second-order valence-electron chi connectivity index (χ2n) is 6.54. The van der Waals surface area contributed by atoms with Crippen LogP contribution in [0.3, 0.4) is 0 Å². The molecule has 0 N–H and O–H groups in total. The second-order valence-corrected chi connectivity index (χ2v) is 6.54. The number of amides is 1. The van der Waals surface area contributed by atoms with Gasteiger partial charge < -0.3 is 14.5 Å². The van der Waals surface area contributed by atoms with Crippen molar-refractivity contribution in [1.29, 1.82) is 0 Å². The summed E-state index contributed by atoms with van der Waals surface area (Å²) < 4.78 is 5.09. The first kappa shape index (κ1) is 18.8. The van der Waals surface area contributed by atoms with Crippen molar-refractivity contribution in [2.24, 2.45) is 0 Å². The third-order valence-electron chi connectivity index (χ3n) is 4.72. The number of hydrogen-bond donors (Lipinski definition) is 0. The van der Waals surface area contributed by atoms with Gasteiger partial charge in [-0.2, -0.15) is 0 Å². The fourth-order valence-electron chi connectivity index (χ4n) is 3.10. The summed E-state index contributed by atoms with van der Waals surface area (Å²) >= 11 is 0. The number of carbonyl (C=O) groups excluding carboxylic acids is 2. The zero-order chi connectivity index (χ0) is 19.2. The van der Waals surface area contributed by atoms with Crippen molar-refractivity contribution in [3.8, 4) is 5.75 Å². The van der Waals surface area contributed by atoms with Gasteiger partial charge in [0.05, 0.1) is 7.11 Å². The summed E-state index contributed by atoms with van der Waals surface area (Å²) in [6.45, 7) is 4.67. The number of carbonyl (C=O) groups is 2. The number of aromatic nitrogens is 2. The molecular weight excluding hydrogens is 344 g/mol. The number of nitrogens with zero attached hydrogens (tertiary/aromatic N) is 4. The number of ketones is 1. The molecular formula is C20H24N4O3. The minimum Gasteiger partial charge on any atom is -0.497 e. The molecule has 7 heteroatoms. The van der Waals surface area contributed by atoms with E-state index >= 15 is 0 Å². The molecule has 2 aromatic rings. The van der Waals surface area contributed by atoms with Gasteiger partial charge in [0.1, 0.15) is 17.9 Å². The lowest BCUT2D eigenvalue weighted by Crippen LogP contribution is -2.49. The minimum atomic E-state index is -0.0268. The van der Waals surface area contributed by atoms with Crippen LogP contribution in [0.1, 0.15) is 28.9 Å². The van der Waals surface area contributed by atoms with E-state index in [1.54, 1.807) is 37.7 Å². The maximum atomic E-state index is 12.4. The lowest BCUT2D eigenvalue weighted by Gasteiger charge is -2.35. The molecule has 142 valence electrons. The van der Waals surface area contributed by atoms with Crippen molar-refractivity contribution in [1.82, 2.24) is 14.9 Å². The predicted molar refractivity (Wildman–Crippen MR) is 102 cm³/mol. The maximum absolute atomic E-state index is 12.4. The Bertz CT molecular complexity index is 799. The number of benzene rings is 1. The third-order valence-corrected chi connectivity index (χ3v) is 4.72. The molecule has 1 saturated heterocycles. The van der Waals surface area contributed by atoms with E-state index in [1.807, 2.05) is 17.9 Å². The Morgan fingerprint density at radius 2 is 1.74 bits per heavy atom. The predicted octanol–water partition coefficient (Wildman–Crippen LogP) is 2.11. The normalized spacial score (nSPS) is 14.1. The zero-order valence-corrected chi connectivity index (χ0v) is 15.7. The molecule has 7 nitrogen and oxygen atoms in total. The van der Waals surface area contributed by atoms with Crippen LogP contribution < -0.4 is 9.64 Å². The smallest absolute Gasteiger partial charge is 0.223 e. The first-order chi connectivity index (χ1) is 13.1. The zero-order valence-electron chi connectivity index (χ0n) is 15.7. The molecule has 1 fully saturated rings. The van der Waals surface area contributed by atoms with Crippen LogP contribution in [-0.2, 0) is 4.79 Å². The topological polar surface area (TPSA) is 75.6 Å². The molecule has 0 aliphatic carbocycles. The van der Waals surface area contributed by atoms with Crippen molar-refractivity contribution >= 4 is 17.5 Å². The first-order valence-corrected chi connectivity index (χ1v) is 9.05. The fraction of sp³-hybridized carbons (Fsp3) is 0.400. The summed E-state index contributed by atoms with van der Waals surface area (Å²) in [7, 11) is 1.58. The van der Waals surface area contributed by atoms with Crippen molar-refractivity contribution < 1.29 is 14.3 Å². The van der Waals surface area contributed by atoms with Gasteiger partial charge in [-0.25, -0.2) is 9.97 Å². The van der Waals surface area contributed by atoms with Crippen molar-refractivity contribution in [2.75, 3.05) is 38.2 Å². The number of hydrogen-bond acceptors (Lipinski definition) is 6. The van der Waals surface area contributed by atoms with E-state index in [4.69, 9.17) is 4.74 Å². The van der Waals surface area contributed by atoms with Crippen LogP contribution in [0.25, 0.3) is 0 Å². The van der Waals surface area contributed by atoms with Gasteiger partial charge in [-0.15, -0.1) is 0 Å². The van der Waals surface area contributed by atoms with Gasteiger partial charge in [-0.05, 0) is 31.2 Å². The number of rotatable bonds is 6. The highest BCUT2D eigenvalue weighted by molar-refractivity contribution is 5.98. The molecule has 2 heterocycles. The molecule has 0 atom stereocenters. The monoisotopic (exact) mass is 368 g/mol. The molecule has 0 saturated carbocycles. The summed E-state index contributed by atoms with van der Waals surface area (Å²) in [6, 6.07) is 8.92. The van der Waals surface area contributed by atoms with E-state index < -0.39 is 0 Å². The number of ether oxygens (including phenoxy) is 1. The Balaban J connectivity index is 1.47. The summed E-state index contributed by atoms with van der Waals surface area (Å²) in [6.07, 6.45) is 2.01. The average molecular weight is 368 g/mol. The molecule has 0 unspecified atom stereocenters. The first-order valence-electron chi connectivity index (χ1n) is 9.05. The number of aryl methyl sites for hydroxylation is 1. The van der Waals surface area contributed by atoms with E-state index in [0.717, 1.165) is 24.6 Å². The highest BCUT2D eigenvalue weighted by Crippen LogP contribution is 2.16. The van der Waals surface area contributed by atoms with Gasteiger partial charge >= 0.3 is 0 Å². The summed E-state index contributed by atoms with van der Waals surface area (Å²) in [5, 5.41) is 0. The molecule has 1 amide bonds. The van der Waals surface area contributed by atoms with Crippen LogP contribution in [0.5, 0.6) is 5.75 Å². The summed E-state index contributed by atoms with van der Waals surface area (Å²) in [5.74, 6) is 1.60. The van der Waals surface area contributed by atoms with Gasteiger partial charge in [0.15, 0.2) is 5.78 Å². The van der Waals surface area contributed by atoms with Gasteiger partial charge in [0.25, 0.3) is 0 Å². The van der Waals surface area contributed by atoms with E-state index in [2.05, 4.69) is 14.9 Å². The quantitative estimate of drug-likeness (QED) is 0.727. The van der Waals surface area contributed by atoms with Gasteiger partial charge in [0.2, 0.25) is 5.91 Å². The Labute approximate surface area is 159 Å². The summed E-state index contributed by atoms with van der Waals surface area (Å²) in [5.41, 5.74) is 1.53. The highest BCUT2D eigenvalue weighted by Gasteiger charge is 2.22. The average Bonchev–Trinajstić information content (AvgIpc) is 2.72. The van der Waals surface area contributed by atoms with Crippen LogP contribution in [0.15, 0.2) is 36.7 Å². The maximum Gasteiger partial charge on any atom is 0.223 e. The highest BCUT2D eigenvalue weighted by atomic mass is 16.5.